The molecule has 1 N–H and O–H groups in total. The van der Waals surface area contributed by atoms with Crippen molar-refractivity contribution in [2.75, 3.05) is 12.0 Å². The van der Waals surface area contributed by atoms with Crippen molar-refractivity contribution in [3.63, 3.8) is 0 Å². The fraction of sp³-hybridized carbons (Fsp3) is 0.167. The van der Waals surface area contributed by atoms with Crippen molar-refractivity contribution < 1.29 is 23.8 Å². The van der Waals surface area contributed by atoms with Gasteiger partial charge in [-0.05, 0) is 49.7 Å². The number of anilines is 1. The molecule has 6 heteroatoms. The SMILES string of the molecule is COc1ccc(C)cc1/C(O)=C1/C(=O)C(=O)N(c2ccccc2C)C1c1ccco1. The summed E-state index contributed by atoms with van der Waals surface area (Å²) in [6, 6.07) is 15.0. The highest BCUT2D eigenvalue weighted by Gasteiger charge is 2.48. The van der Waals surface area contributed by atoms with Crippen LogP contribution in [0.4, 0.5) is 5.69 Å². The molecule has 0 saturated carbocycles. The maximum Gasteiger partial charge on any atom is 0.300 e. The number of furan rings is 1. The summed E-state index contributed by atoms with van der Waals surface area (Å²) in [6.45, 7) is 3.73. The largest absolute Gasteiger partial charge is 0.507 e. The van der Waals surface area contributed by atoms with E-state index in [2.05, 4.69) is 0 Å². The molecule has 0 spiro atoms. The molecule has 1 atom stereocenters. The number of rotatable bonds is 4. The molecule has 30 heavy (non-hydrogen) atoms. The van der Waals surface area contributed by atoms with Gasteiger partial charge in [0.05, 0.1) is 24.5 Å². The summed E-state index contributed by atoms with van der Waals surface area (Å²) in [7, 11) is 1.48. The molecule has 1 amide bonds. The standard InChI is InChI=1S/C24H21NO5/c1-14-10-11-18(29-3)16(13-14)22(26)20-21(19-9-6-12-30-19)25(24(28)23(20)27)17-8-5-4-7-15(17)2/h4-13,21,26H,1-3H3/b22-20-. The minimum atomic E-state index is -0.897. The minimum Gasteiger partial charge on any atom is -0.507 e. The predicted octanol–water partition coefficient (Wildman–Crippen LogP) is 4.53. The maximum atomic E-state index is 13.1. The van der Waals surface area contributed by atoms with Gasteiger partial charge in [0.15, 0.2) is 0 Å². The molecule has 6 nitrogen and oxygen atoms in total. The van der Waals surface area contributed by atoms with Crippen LogP contribution in [0, 0.1) is 13.8 Å². The van der Waals surface area contributed by atoms with Crippen LogP contribution in [0.3, 0.4) is 0 Å². The lowest BCUT2D eigenvalue weighted by atomic mass is 9.97. The average molecular weight is 403 g/mol. The molecule has 4 rings (SSSR count). The first-order chi connectivity index (χ1) is 14.4. The smallest absolute Gasteiger partial charge is 0.300 e. The van der Waals surface area contributed by atoms with Crippen LogP contribution in [-0.2, 0) is 9.59 Å². The third-order valence-corrected chi connectivity index (χ3v) is 5.24. The number of ether oxygens (including phenoxy) is 1. The fourth-order valence-electron chi connectivity index (χ4n) is 3.78. The lowest BCUT2D eigenvalue weighted by Gasteiger charge is -2.25. The number of hydrogen-bond donors (Lipinski definition) is 1. The van der Waals surface area contributed by atoms with Crippen molar-refractivity contribution in [3.05, 3.63) is 88.9 Å². The van der Waals surface area contributed by atoms with Gasteiger partial charge in [-0.1, -0.05) is 29.8 Å². The van der Waals surface area contributed by atoms with E-state index in [0.29, 0.717) is 22.8 Å². The molecular formula is C24H21NO5. The zero-order valence-corrected chi connectivity index (χ0v) is 16.9. The monoisotopic (exact) mass is 403 g/mol. The van der Waals surface area contributed by atoms with E-state index >= 15 is 0 Å². The van der Waals surface area contributed by atoms with Gasteiger partial charge in [-0.2, -0.15) is 0 Å². The third kappa shape index (κ3) is 3.06. The van der Waals surface area contributed by atoms with Crippen molar-refractivity contribution in [1.82, 2.24) is 0 Å². The number of aliphatic hydroxyl groups excluding tert-OH is 1. The molecule has 2 aromatic carbocycles. The topological polar surface area (TPSA) is 80.0 Å². The van der Waals surface area contributed by atoms with E-state index in [1.807, 2.05) is 32.0 Å². The molecule has 1 aliphatic rings. The Hall–Kier alpha value is -3.80. The number of methoxy groups -OCH3 is 1. The van der Waals surface area contributed by atoms with E-state index in [1.54, 1.807) is 36.4 Å². The highest BCUT2D eigenvalue weighted by atomic mass is 16.5. The molecule has 152 valence electrons. The Kier molecular flexibility index (Phi) is 4.91. The zero-order chi connectivity index (χ0) is 21.4. The molecule has 1 aromatic heterocycles. The van der Waals surface area contributed by atoms with Gasteiger partial charge < -0.3 is 14.3 Å². The fourth-order valence-corrected chi connectivity index (χ4v) is 3.78. The van der Waals surface area contributed by atoms with Crippen molar-refractivity contribution in [2.45, 2.75) is 19.9 Å². The predicted molar refractivity (Wildman–Crippen MR) is 112 cm³/mol. The molecule has 3 aromatic rings. The van der Waals surface area contributed by atoms with Crippen LogP contribution >= 0.6 is 0 Å². The first kappa shape index (κ1) is 19.5. The van der Waals surface area contributed by atoms with E-state index in [4.69, 9.17) is 9.15 Å². The van der Waals surface area contributed by atoms with Gasteiger partial charge in [-0.3, -0.25) is 14.5 Å². The first-order valence-corrected chi connectivity index (χ1v) is 9.49. The number of amides is 1. The molecule has 0 radical (unpaired) electrons. The van der Waals surface area contributed by atoms with Crippen LogP contribution in [0.25, 0.3) is 5.76 Å². The number of carbonyl (C=O) groups excluding carboxylic acids is 2. The van der Waals surface area contributed by atoms with Crippen molar-refractivity contribution in [3.8, 4) is 5.75 Å². The van der Waals surface area contributed by atoms with Crippen molar-refractivity contribution in [1.29, 1.82) is 0 Å². The molecule has 0 aliphatic carbocycles. The zero-order valence-electron chi connectivity index (χ0n) is 16.9. The van der Waals surface area contributed by atoms with E-state index in [0.717, 1.165) is 11.1 Å². The van der Waals surface area contributed by atoms with Gasteiger partial charge >= 0.3 is 0 Å². The molecular weight excluding hydrogens is 382 g/mol. The second kappa shape index (κ2) is 7.55. The van der Waals surface area contributed by atoms with Gasteiger partial charge in [0.25, 0.3) is 11.7 Å². The number of carbonyl (C=O) groups is 2. The average Bonchev–Trinajstić information content (AvgIpc) is 3.35. The first-order valence-electron chi connectivity index (χ1n) is 9.49. The number of hydrogen-bond acceptors (Lipinski definition) is 5. The molecule has 1 unspecified atom stereocenters. The Bertz CT molecular complexity index is 1160. The van der Waals surface area contributed by atoms with E-state index in [1.165, 1.54) is 18.3 Å². The Morgan fingerprint density at radius 1 is 1.07 bits per heavy atom. The van der Waals surface area contributed by atoms with Gasteiger partial charge in [0.2, 0.25) is 0 Å². The van der Waals surface area contributed by atoms with Gasteiger partial charge in [0.1, 0.15) is 23.3 Å². The Balaban J connectivity index is 1.98. The molecule has 1 saturated heterocycles. The normalized spacial score (nSPS) is 18.1. The van der Waals surface area contributed by atoms with Crippen LogP contribution < -0.4 is 9.64 Å². The molecule has 2 heterocycles. The highest BCUT2D eigenvalue weighted by molar-refractivity contribution is 6.51. The summed E-state index contributed by atoms with van der Waals surface area (Å²) < 4.78 is 11.0. The second-order valence-corrected chi connectivity index (χ2v) is 7.17. The van der Waals surface area contributed by atoms with E-state index in [-0.39, 0.29) is 11.3 Å². The van der Waals surface area contributed by atoms with Crippen LogP contribution in [0.5, 0.6) is 5.75 Å². The summed E-state index contributed by atoms with van der Waals surface area (Å²) in [5.74, 6) is -1.02. The Labute approximate surface area is 174 Å². The van der Waals surface area contributed by atoms with Gasteiger partial charge in [-0.15, -0.1) is 0 Å². The summed E-state index contributed by atoms with van der Waals surface area (Å²) >= 11 is 0. The summed E-state index contributed by atoms with van der Waals surface area (Å²) in [5, 5.41) is 11.2. The number of nitrogens with zero attached hydrogens (tertiary/aromatic N) is 1. The number of benzene rings is 2. The molecule has 0 bridgehead atoms. The molecule has 1 fully saturated rings. The summed E-state index contributed by atoms with van der Waals surface area (Å²) in [4.78, 5) is 27.6. The third-order valence-electron chi connectivity index (χ3n) is 5.24. The van der Waals surface area contributed by atoms with Crippen LogP contribution in [0.15, 0.2) is 70.9 Å². The number of para-hydroxylation sites is 1. The van der Waals surface area contributed by atoms with E-state index < -0.39 is 17.7 Å². The van der Waals surface area contributed by atoms with Crippen molar-refractivity contribution in [2.24, 2.45) is 0 Å². The number of aryl methyl sites for hydroxylation is 2. The van der Waals surface area contributed by atoms with Crippen molar-refractivity contribution >= 4 is 23.1 Å². The lowest BCUT2D eigenvalue weighted by Crippen LogP contribution is -2.29. The van der Waals surface area contributed by atoms with Gasteiger partial charge in [-0.25, -0.2) is 0 Å². The quantitative estimate of drug-likeness (QED) is 0.393. The second-order valence-electron chi connectivity index (χ2n) is 7.17. The van der Waals surface area contributed by atoms with Gasteiger partial charge in [0, 0.05) is 5.69 Å². The number of Topliss-reactive ketones (excluding diaryl/α,β-unsaturated/α-hetero) is 1. The van der Waals surface area contributed by atoms with Crippen LogP contribution in [0.2, 0.25) is 0 Å². The minimum absolute atomic E-state index is 0.0397. The lowest BCUT2D eigenvalue weighted by molar-refractivity contribution is -0.132. The van der Waals surface area contributed by atoms with Crippen LogP contribution in [-0.4, -0.2) is 23.9 Å². The Morgan fingerprint density at radius 2 is 1.83 bits per heavy atom. The van der Waals surface area contributed by atoms with E-state index in [9.17, 15) is 14.7 Å². The van der Waals surface area contributed by atoms with Crippen LogP contribution in [0.1, 0.15) is 28.5 Å². The molecule has 1 aliphatic heterocycles. The summed E-state index contributed by atoms with van der Waals surface area (Å²) in [5.41, 5.74) is 2.58. The maximum absolute atomic E-state index is 13.1. The number of ketones is 1. The number of aliphatic hydroxyl groups is 1. The summed E-state index contributed by atoms with van der Waals surface area (Å²) in [6.07, 6.45) is 1.47. The highest BCUT2D eigenvalue weighted by Crippen LogP contribution is 2.44. The Morgan fingerprint density at radius 3 is 2.50 bits per heavy atom.